The maximum absolute atomic E-state index is 12.1. The van der Waals surface area contributed by atoms with Gasteiger partial charge in [0.05, 0.1) is 7.11 Å². The molecule has 0 saturated carbocycles. The van der Waals surface area contributed by atoms with Crippen molar-refractivity contribution in [3.63, 3.8) is 0 Å². The summed E-state index contributed by atoms with van der Waals surface area (Å²) in [5, 5.41) is 0. The Bertz CT molecular complexity index is 490. The van der Waals surface area contributed by atoms with Crippen molar-refractivity contribution in [2.75, 3.05) is 20.2 Å². The Balaban J connectivity index is 2.34. The molecule has 0 aliphatic carbocycles. The van der Waals surface area contributed by atoms with Gasteiger partial charge in [-0.2, -0.15) is 0 Å². The van der Waals surface area contributed by atoms with Gasteiger partial charge in [0.1, 0.15) is 11.8 Å². The van der Waals surface area contributed by atoms with Gasteiger partial charge in [0.25, 0.3) is 0 Å². The second-order valence-corrected chi connectivity index (χ2v) is 5.03. The third-order valence-corrected chi connectivity index (χ3v) is 3.71. The van der Waals surface area contributed by atoms with Crippen LogP contribution in [0.4, 0.5) is 0 Å². The van der Waals surface area contributed by atoms with Crippen molar-refractivity contribution in [2.24, 2.45) is 0 Å². The van der Waals surface area contributed by atoms with Crippen LogP contribution in [0.2, 0.25) is 0 Å². The molecule has 1 aromatic carbocycles. The highest BCUT2D eigenvalue weighted by molar-refractivity contribution is 5.98. The van der Waals surface area contributed by atoms with Gasteiger partial charge in [-0.05, 0) is 43.6 Å². The average molecular weight is 272 g/mol. The molecule has 0 spiro atoms. The molecule has 3 heteroatoms. The van der Waals surface area contributed by atoms with E-state index in [0.717, 1.165) is 30.4 Å². The minimum Gasteiger partial charge on any atom is -0.497 e. The molecule has 0 bridgehead atoms. The first-order valence-electron chi connectivity index (χ1n) is 7.16. The van der Waals surface area contributed by atoms with Crippen LogP contribution in [0.1, 0.15) is 31.7 Å². The Labute approximate surface area is 121 Å². The van der Waals surface area contributed by atoms with Gasteiger partial charge in [-0.1, -0.05) is 25.6 Å². The smallest absolute Gasteiger partial charge is 0.160 e. The first-order valence-corrected chi connectivity index (χ1v) is 7.16. The van der Waals surface area contributed by atoms with Crippen molar-refractivity contribution in [2.45, 2.75) is 26.2 Å². The Morgan fingerprint density at radius 1 is 1.35 bits per heavy atom. The van der Waals surface area contributed by atoms with Crippen molar-refractivity contribution >= 4 is 5.78 Å². The van der Waals surface area contributed by atoms with Crippen molar-refractivity contribution in [1.82, 2.24) is 4.90 Å². The zero-order valence-corrected chi connectivity index (χ0v) is 12.3. The summed E-state index contributed by atoms with van der Waals surface area (Å²) in [5.74, 6) is 0.908. The SMILES string of the molecule is C=C([C](c1cccc(OC)c1)N1CCCC1)C(=O)CC. The quantitative estimate of drug-likeness (QED) is 0.745. The van der Waals surface area contributed by atoms with E-state index >= 15 is 0 Å². The molecule has 1 aliphatic heterocycles. The standard InChI is InChI=1S/C17H22NO2/c1-4-16(19)13(2)17(18-10-5-6-11-18)14-8-7-9-15(12-14)20-3/h7-9,12H,2,4-6,10-11H2,1,3H3. The highest BCUT2D eigenvalue weighted by atomic mass is 16.5. The lowest BCUT2D eigenvalue weighted by Crippen LogP contribution is -2.30. The lowest BCUT2D eigenvalue weighted by atomic mass is 9.94. The van der Waals surface area contributed by atoms with Gasteiger partial charge < -0.3 is 4.74 Å². The molecule has 107 valence electrons. The third-order valence-electron chi connectivity index (χ3n) is 3.71. The summed E-state index contributed by atoms with van der Waals surface area (Å²) in [6.07, 6.45) is 2.82. The monoisotopic (exact) mass is 272 g/mol. The average Bonchev–Trinajstić information content (AvgIpc) is 3.00. The van der Waals surface area contributed by atoms with Crippen molar-refractivity contribution < 1.29 is 9.53 Å². The Morgan fingerprint density at radius 3 is 2.65 bits per heavy atom. The summed E-state index contributed by atoms with van der Waals surface area (Å²) < 4.78 is 5.29. The molecule has 0 amide bonds. The van der Waals surface area contributed by atoms with Gasteiger partial charge >= 0.3 is 0 Å². The number of methoxy groups -OCH3 is 1. The van der Waals surface area contributed by atoms with Crippen LogP contribution in [-0.4, -0.2) is 30.9 Å². The molecule has 20 heavy (non-hydrogen) atoms. The van der Waals surface area contributed by atoms with Crippen LogP contribution in [0.3, 0.4) is 0 Å². The summed E-state index contributed by atoms with van der Waals surface area (Å²) in [5.41, 5.74) is 1.63. The van der Waals surface area contributed by atoms with E-state index in [9.17, 15) is 4.79 Å². The topological polar surface area (TPSA) is 29.5 Å². The van der Waals surface area contributed by atoms with Crippen LogP contribution in [0.5, 0.6) is 5.75 Å². The highest BCUT2D eigenvalue weighted by Gasteiger charge is 2.29. The molecule has 1 aromatic rings. The first-order chi connectivity index (χ1) is 9.67. The van der Waals surface area contributed by atoms with E-state index in [0.29, 0.717) is 12.0 Å². The largest absolute Gasteiger partial charge is 0.497 e. The first kappa shape index (κ1) is 14.8. The summed E-state index contributed by atoms with van der Waals surface area (Å²) in [6.45, 7) is 7.89. The van der Waals surface area contributed by atoms with Gasteiger partial charge in [-0.3, -0.25) is 9.69 Å². The number of hydrogen-bond donors (Lipinski definition) is 0. The number of benzene rings is 1. The van der Waals surface area contributed by atoms with Crippen molar-refractivity contribution in [3.05, 3.63) is 48.0 Å². The summed E-state index contributed by atoms with van der Waals surface area (Å²) in [7, 11) is 1.65. The number of hydrogen-bond acceptors (Lipinski definition) is 3. The predicted molar refractivity (Wildman–Crippen MR) is 80.6 cm³/mol. The second-order valence-electron chi connectivity index (χ2n) is 5.03. The molecule has 0 N–H and O–H groups in total. The Hall–Kier alpha value is -1.61. The minimum absolute atomic E-state index is 0.106. The van der Waals surface area contributed by atoms with E-state index in [1.807, 2.05) is 31.2 Å². The Morgan fingerprint density at radius 2 is 2.05 bits per heavy atom. The molecule has 1 saturated heterocycles. The summed E-state index contributed by atoms with van der Waals surface area (Å²) in [6, 6.07) is 8.82. The molecule has 0 aromatic heterocycles. The Kier molecular flexibility index (Phi) is 4.96. The fourth-order valence-corrected chi connectivity index (χ4v) is 2.60. The van der Waals surface area contributed by atoms with Gasteiger partial charge in [0.15, 0.2) is 5.78 Å². The lowest BCUT2D eigenvalue weighted by molar-refractivity contribution is -0.115. The molecule has 2 rings (SSSR count). The number of carbonyl (C=O) groups excluding carboxylic acids is 1. The molecule has 1 radical (unpaired) electrons. The molecule has 1 heterocycles. The maximum atomic E-state index is 12.1. The molecule has 0 unspecified atom stereocenters. The third kappa shape index (κ3) is 3.10. The van der Waals surface area contributed by atoms with E-state index in [4.69, 9.17) is 4.74 Å². The van der Waals surface area contributed by atoms with Gasteiger partial charge in [-0.15, -0.1) is 0 Å². The summed E-state index contributed by atoms with van der Waals surface area (Å²) in [4.78, 5) is 14.3. The lowest BCUT2D eigenvalue weighted by Gasteiger charge is -2.28. The number of rotatable bonds is 6. The molecule has 1 fully saturated rings. The van der Waals surface area contributed by atoms with E-state index in [2.05, 4.69) is 11.5 Å². The van der Waals surface area contributed by atoms with Gasteiger partial charge in [0, 0.05) is 12.0 Å². The van der Waals surface area contributed by atoms with Crippen LogP contribution >= 0.6 is 0 Å². The molecule has 0 atom stereocenters. The van der Waals surface area contributed by atoms with Crippen LogP contribution in [-0.2, 0) is 4.79 Å². The van der Waals surface area contributed by atoms with Crippen LogP contribution in [0.25, 0.3) is 0 Å². The number of ketones is 1. The molecule has 3 nitrogen and oxygen atoms in total. The van der Waals surface area contributed by atoms with E-state index < -0.39 is 0 Å². The predicted octanol–water partition coefficient (Wildman–Crippen LogP) is 3.21. The number of carbonyl (C=O) groups is 1. The normalized spacial score (nSPS) is 15.6. The van der Waals surface area contributed by atoms with Gasteiger partial charge in [0.2, 0.25) is 0 Å². The zero-order chi connectivity index (χ0) is 14.5. The van der Waals surface area contributed by atoms with Crippen LogP contribution in [0.15, 0.2) is 36.4 Å². The van der Waals surface area contributed by atoms with E-state index in [1.165, 1.54) is 12.8 Å². The van der Waals surface area contributed by atoms with Gasteiger partial charge in [-0.25, -0.2) is 0 Å². The maximum Gasteiger partial charge on any atom is 0.160 e. The van der Waals surface area contributed by atoms with Crippen molar-refractivity contribution in [3.8, 4) is 5.75 Å². The zero-order valence-electron chi connectivity index (χ0n) is 12.3. The molecular formula is C17H22NO2. The number of nitrogens with zero attached hydrogens (tertiary/aromatic N) is 1. The number of ether oxygens (including phenoxy) is 1. The molecular weight excluding hydrogens is 250 g/mol. The molecule has 1 aliphatic rings. The van der Waals surface area contributed by atoms with Crippen molar-refractivity contribution in [1.29, 1.82) is 0 Å². The fraction of sp³-hybridized carbons (Fsp3) is 0.412. The van der Waals surface area contributed by atoms with Crippen LogP contribution in [0, 0.1) is 6.04 Å². The van der Waals surface area contributed by atoms with E-state index in [-0.39, 0.29) is 5.78 Å². The highest BCUT2D eigenvalue weighted by Crippen LogP contribution is 2.32. The van der Waals surface area contributed by atoms with Crippen LogP contribution < -0.4 is 4.74 Å². The number of likely N-dealkylation sites (tertiary alicyclic amines) is 1. The minimum atomic E-state index is 0.106. The second kappa shape index (κ2) is 6.71. The fourth-order valence-electron chi connectivity index (χ4n) is 2.60. The summed E-state index contributed by atoms with van der Waals surface area (Å²) >= 11 is 0. The number of Topliss-reactive ketones (excluding diaryl/α,β-unsaturated/α-hetero) is 1. The van der Waals surface area contributed by atoms with E-state index in [1.54, 1.807) is 7.11 Å².